The van der Waals surface area contributed by atoms with Gasteiger partial charge in [0, 0.05) is 0 Å². The van der Waals surface area contributed by atoms with Crippen molar-refractivity contribution < 1.29 is 5.11 Å². The second-order valence-corrected chi connectivity index (χ2v) is 6.72. The Balaban J connectivity index is 3.24. The van der Waals surface area contributed by atoms with E-state index < -0.39 is 5.60 Å². The molecule has 0 aromatic rings. The topological polar surface area (TPSA) is 20.2 Å². The minimum atomic E-state index is -0.467. The molecule has 0 amide bonds. The Morgan fingerprint density at radius 1 is 0.833 bits per heavy atom. The lowest BCUT2D eigenvalue weighted by molar-refractivity contribution is 0.0679. The van der Waals surface area contributed by atoms with E-state index >= 15 is 0 Å². The van der Waals surface area contributed by atoms with Crippen LogP contribution >= 0.6 is 0 Å². The Hall–Kier alpha value is -0.0400. The lowest BCUT2D eigenvalue weighted by Crippen LogP contribution is -2.17. The van der Waals surface area contributed by atoms with Crippen LogP contribution in [0.15, 0.2) is 0 Å². The first kappa shape index (κ1) is 18.0. The van der Waals surface area contributed by atoms with Gasteiger partial charge in [0.05, 0.1) is 5.60 Å². The molecule has 1 heteroatoms. The highest BCUT2D eigenvalue weighted by Gasteiger charge is 2.11. The summed E-state index contributed by atoms with van der Waals surface area (Å²) in [5.41, 5.74) is -0.467. The zero-order valence-corrected chi connectivity index (χ0v) is 13.3. The van der Waals surface area contributed by atoms with Crippen LogP contribution in [0, 0.1) is 5.92 Å². The van der Waals surface area contributed by atoms with Crippen LogP contribution in [-0.2, 0) is 0 Å². The summed E-state index contributed by atoms with van der Waals surface area (Å²) in [7, 11) is 0. The first-order valence-corrected chi connectivity index (χ1v) is 8.18. The molecule has 110 valence electrons. The van der Waals surface area contributed by atoms with Crippen LogP contribution in [0.2, 0.25) is 0 Å². The minimum Gasteiger partial charge on any atom is -0.390 e. The van der Waals surface area contributed by atoms with E-state index in [-0.39, 0.29) is 0 Å². The Bertz CT molecular complexity index is 169. The van der Waals surface area contributed by atoms with E-state index in [9.17, 15) is 5.11 Å². The molecule has 0 spiro atoms. The molecule has 0 aliphatic heterocycles. The number of hydrogen-bond acceptors (Lipinski definition) is 1. The first-order valence-electron chi connectivity index (χ1n) is 8.18. The van der Waals surface area contributed by atoms with E-state index in [0.717, 1.165) is 12.3 Å². The molecular formula is C17H36O. The van der Waals surface area contributed by atoms with Gasteiger partial charge in [0.15, 0.2) is 0 Å². The summed E-state index contributed by atoms with van der Waals surface area (Å²) in [5.74, 6) is 0.897. The SMILES string of the molecule is CCCCCCCC(C)CCCCCC(C)(C)O. The molecule has 0 aromatic heterocycles. The second kappa shape index (κ2) is 10.8. The Kier molecular flexibility index (Phi) is 10.8. The molecule has 0 aliphatic carbocycles. The molecule has 1 unspecified atom stereocenters. The van der Waals surface area contributed by atoms with Gasteiger partial charge in [-0.25, -0.2) is 0 Å². The summed E-state index contributed by atoms with van der Waals surface area (Å²) < 4.78 is 0. The van der Waals surface area contributed by atoms with E-state index in [1.807, 2.05) is 13.8 Å². The van der Waals surface area contributed by atoms with E-state index in [0.29, 0.717) is 0 Å². The van der Waals surface area contributed by atoms with Gasteiger partial charge in [0.25, 0.3) is 0 Å². The monoisotopic (exact) mass is 256 g/mol. The molecule has 0 aliphatic rings. The van der Waals surface area contributed by atoms with Crippen LogP contribution in [0.4, 0.5) is 0 Å². The van der Waals surface area contributed by atoms with Crippen LogP contribution < -0.4 is 0 Å². The zero-order chi connectivity index (χ0) is 13.9. The third-order valence-corrected chi connectivity index (χ3v) is 3.79. The van der Waals surface area contributed by atoms with Crippen molar-refractivity contribution in [3.63, 3.8) is 0 Å². The molecule has 0 aromatic carbocycles. The largest absolute Gasteiger partial charge is 0.390 e. The maximum absolute atomic E-state index is 9.61. The molecule has 0 heterocycles. The summed E-state index contributed by atoms with van der Waals surface area (Å²) in [6, 6.07) is 0. The molecule has 0 saturated carbocycles. The molecule has 0 bridgehead atoms. The van der Waals surface area contributed by atoms with Gasteiger partial charge >= 0.3 is 0 Å². The molecule has 1 atom stereocenters. The van der Waals surface area contributed by atoms with Gasteiger partial charge in [-0.15, -0.1) is 0 Å². The number of unbranched alkanes of at least 4 members (excludes halogenated alkanes) is 6. The van der Waals surface area contributed by atoms with Crippen molar-refractivity contribution in [3.05, 3.63) is 0 Å². The molecule has 1 N–H and O–H groups in total. The van der Waals surface area contributed by atoms with Crippen molar-refractivity contribution in [2.75, 3.05) is 0 Å². The van der Waals surface area contributed by atoms with Gasteiger partial charge in [-0.1, -0.05) is 78.1 Å². The number of hydrogen-bond donors (Lipinski definition) is 1. The molecular weight excluding hydrogens is 220 g/mol. The average molecular weight is 256 g/mol. The molecule has 0 radical (unpaired) electrons. The molecule has 0 saturated heterocycles. The zero-order valence-electron chi connectivity index (χ0n) is 13.3. The lowest BCUT2D eigenvalue weighted by Gasteiger charge is -2.17. The maximum atomic E-state index is 9.61. The van der Waals surface area contributed by atoms with Crippen LogP contribution in [-0.4, -0.2) is 10.7 Å². The van der Waals surface area contributed by atoms with Crippen molar-refractivity contribution in [2.24, 2.45) is 5.92 Å². The number of rotatable bonds is 12. The smallest absolute Gasteiger partial charge is 0.0591 e. The van der Waals surface area contributed by atoms with Crippen molar-refractivity contribution in [2.45, 2.75) is 104 Å². The van der Waals surface area contributed by atoms with Gasteiger partial charge in [0.1, 0.15) is 0 Å². The highest BCUT2D eigenvalue weighted by Crippen LogP contribution is 2.19. The predicted molar refractivity (Wildman–Crippen MR) is 81.9 cm³/mol. The fourth-order valence-electron chi connectivity index (χ4n) is 2.47. The Morgan fingerprint density at radius 3 is 1.83 bits per heavy atom. The normalized spacial score (nSPS) is 13.8. The van der Waals surface area contributed by atoms with Crippen LogP contribution in [0.25, 0.3) is 0 Å². The van der Waals surface area contributed by atoms with Crippen molar-refractivity contribution in [3.8, 4) is 0 Å². The van der Waals surface area contributed by atoms with Gasteiger partial charge in [-0.3, -0.25) is 0 Å². The highest BCUT2D eigenvalue weighted by molar-refractivity contribution is 4.64. The maximum Gasteiger partial charge on any atom is 0.0591 e. The number of aliphatic hydroxyl groups is 1. The standard InChI is InChI=1S/C17H36O/c1-5-6-7-8-10-13-16(2)14-11-9-12-15-17(3,4)18/h16,18H,5-15H2,1-4H3. The van der Waals surface area contributed by atoms with Gasteiger partial charge < -0.3 is 5.11 Å². The first-order chi connectivity index (χ1) is 8.45. The predicted octanol–water partition coefficient (Wildman–Crippen LogP) is 5.70. The molecule has 0 rings (SSSR count). The average Bonchev–Trinajstić information content (AvgIpc) is 2.27. The van der Waals surface area contributed by atoms with Gasteiger partial charge in [0.2, 0.25) is 0 Å². The van der Waals surface area contributed by atoms with Crippen LogP contribution in [0.3, 0.4) is 0 Å². The Morgan fingerprint density at radius 2 is 1.33 bits per heavy atom. The fraction of sp³-hybridized carbons (Fsp3) is 1.00. The summed E-state index contributed by atoms with van der Waals surface area (Å²) in [6.45, 7) is 8.49. The third-order valence-electron chi connectivity index (χ3n) is 3.79. The fourth-order valence-corrected chi connectivity index (χ4v) is 2.47. The lowest BCUT2D eigenvalue weighted by atomic mass is 9.95. The molecule has 18 heavy (non-hydrogen) atoms. The van der Waals surface area contributed by atoms with E-state index in [2.05, 4.69) is 13.8 Å². The molecule has 0 fully saturated rings. The summed E-state index contributed by atoms with van der Waals surface area (Å²) >= 11 is 0. The highest BCUT2D eigenvalue weighted by atomic mass is 16.3. The summed E-state index contributed by atoms with van der Waals surface area (Å²) in [4.78, 5) is 0. The summed E-state index contributed by atoms with van der Waals surface area (Å²) in [6.07, 6.45) is 14.6. The minimum absolute atomic E-state index is 0.467. The van der Waals surface area contributed by atoms with Crippen LogP contribution in [0.5, 0.6) is 0 Å². The van der Waals surface area contributed by atoms with Gasteiger partial charge in [-0.2, -0.15) is 0 Å². The summed E-state index contributed by atoms with van der Waals surface area (Å²) in [5, 5.41) is 9.61. The Labute approximate surface area is 115 Å². The van der Waals surface area contributed by atoms with Crippen molar-refractivity contribution in [1.29, 1.82) is 0 Å². The second-order valence-electron chi connectivity index (χ2n) is 6.72. The third kappa shape index (κ3) is 14.0. The molecule has 1 nitrogen and oxygen atoms in total. The van der Waals surface area contributed by atoms with Crippen molar-refractivity contribution >= 4 is 0 Å². The quantitative estimate of drug-likeness (QED) is 0.444. The van der Waals surface area contributed by atoms with Crippen molar-refractivity contribution in [1.82, 2.24) is 0 Å². The van der Waals surface area contributed by atoms with Gasteiger partial charge in [-0.05, 0) is 26.2 Å². The van der Waals surface area contributed by atoms with E-state index in [4.69, 9.17) is 0 Å². The van der Waals surface area contributed by atoms with Crippen LogP contribution in [0.1, 0.15) is 98.3 Å². The van der Waals surface area contributed by atoms with E-state index in [1.165, 1.54) is 64.2 Å². The van der Waals surface area contributed by atoms with E-state index in [1.54, 1.807) is 0 Å².